The average Bonchev–Trinajstić information content (AvgIpc) is 3.32. The molecule has 0 bridgehead atoms. The zero-order valence-corrected chi connectivity index (χ0v) is 19.4. The third-order valence-corrected chi connectivity index (χ3v) is 6.87. The number of hydrogen-bond acceptors (Lipinski definition) is 5. The molecule has 0 saturated carbocycles. The lowest BCUT2D eigenvalue weighted by Gasteiger charge is -2.39. The standard InChI is InChI=1S/C24H22F6O4S/c1-14-5-3-6-18(20(14)22(33,23(25,26)27)24(28,29)30)21(2,19-7-4-10-35-19)34-17-9-8-15(12-31)16(11-17)13-32/h3-11,31-33H,12-13H2,1-2H3. The first-order valence-corrected chi connectivity index (χ1v) is 11.1. The van der Waals surface area contributed by atoms with Gasteiger partial charge in [0, 0.05) is 11.1 Å². The van der Waals surface area contributed by atoms with E-state index in [1.807, 2.05) is 0 Å². The minimum Gasteiger partial charge on any atom is -0.477 e. The van der Waals surface area contributed by atoms with Gasteiger partial charge in [0.15, 0.2) is 5.60 Å². The normalized spacial score (nSPS) is 14.6. The van der Waals surface area contributed by atoms with E-state index in [0.29, 0.717) is 5.56 Å². The fraction of sp³-hybridized carbons (Fsp3) is 0.333. The number of hydrogen-bond donors (Lipinski definition) is 3. The summed E-state index contributed by atoms with van der Waals surface area (Å²) in [6.45, 7) is 1.48. The number of aliphatic hydroxyl groups is 3. The van der Waals surface area contributed by atoms with Gasteiger partial charge in [-0.05, 0) is 54.1 Å². The van der Waals surface area contributed by atoms with Crippen LogP contribution in [0.4, 0.5) is 26.3 Å². The summed E-state index contributed by atoms with van der Waals surface area (Å²) < 4.78 is 89.6. The Bertz CT molecular complexity index is 1160. The molecule has 1 unspecified atom stereocenters. The van der Waals surface area contributed by atoms with E-state index < -0.39 is 53.5 Å². The lowest BCUT2D eigenvalue weighted by molar-refractivity contribution is -0.376. The molecule has 0 aliphatic carbocycles. The molecular weight excluding hydrogens is 498 g/mol. The van der Waals surface area contributed by atoms with E-state index in [1.54, 1.807) is 11.4 Å². The lowest BCUT2D eigenvalue weighted by Crippen LogP contribution is -2.55. The first-order valence-electron chi connectivity index (χ1n) is 10.2. The van der Waals surface area contributed by atoms with E-state index in [9.17, 15) is 41.7 Å². The van der Waals surface area contributed by atoms with Crippen LogP contribution in [0.2, 0.25) is 0 Å². The highest BCUT2D eigenvalue weighted by Crippen LogP contribution is 2.54. The van der Waals surface area contributed by atoms with Gasteiger partial charge < -0.3 is 20.1 Å². The van der Waals surface area contributed by atoms with Gasteiger partial charge in [-0.3, -0.25) is 0 Å². The van der Waals surface area contributed by atoms with Gasteiger partial charge in [-0.25, -0.2) is 0 Å². The van der Waals surface area contributed by atoms with Crippen molar-refractivity contribution < 1.29 is 46.4 Å². The van der Waals surface area contributed by atoms with Gasteiger partial charge in [0.2, 0.25) is 0 Å². The quantitative estimate of drug-likeness (QED) is 0.350. The van der Waals surface area contributed by atoms with Crippen LogP contribution in [0.1, 0.15) is 39.6 Å². The van der Waals surface area contributed by atoms with Crippen molar-refractivity contribution >= 4 is 11.3 Å². The molecule has 0 amide bonds. The zero-order valence-electron chi connectivity index (χ0n) is 18.5. The zero-order chi connectivity index (χ0) is 26.2. The highest BCUT2D eigenvalue weighted by molar-refractivity contribution is 7.10. The van der Waals surface area contributed by atoms with Crippen molar-refractivity contribution in [3.8, 4) is 5.75 Å². The molecule has 4 nitrogen and oxygen atoms in total. The van der Waals surface area contributed by atoms with Gasteiger partial charge >= 0.3 is 12.4 Å². The summed E-state index contributed by atoms with van der Waals surface area (Å²) in [5, 5.41) is 30.9. The number of aryl methyl sites for hydroxylation is 1. The molecule has 3 aromatic rings. The number of ether oxygens (including phenoxy) is 1. The van der Waals surface area contributed by atoms with Gasteiger partial charge in [-0.1, -0.05) is 30.3 Å². The third-order valence-electron chi connectivity index (χ3n) is 5.80. The first-order chi connectivity index (χ1) is 16.2. The predicted molar refractivity (Wildman–Crippen MR) is 117 cm³/mol. The maximum absolute atomic E-state index is 13.9. The number of alkyl halides is 6. The van der Waals surface area contributed by atoms with Crippen molar-refractivity contribution in [2.24, 2.45) is 0 Å². The Hall–Kier alpha value is -2.60. The molecular formula is C24H22F6O4S. The molecule has 0 spiro atoms. The molecule has 190 valence electrons. The first kappa shape index (κ1) is 27.0. The van der Waals surface area contributed by atoms with Crippen molar-refractivity contribution in [3.63, 3.8) is 0 Å². The molecule has 35 heavy (non-hydrogen) atoms. The van der Waals surface area contributed by atoms with Gasteiger partial charge in [-0.15, -0.1) is 11.3 Å². The molecule has 0 aliphatic rings. The Morgan fingerprint density at radius 1 is 0.857 bits per heavy atom. The molecule has 1 atom stereocenters. The van der Waals surface area contributed by atoms with Crippen molar-refractivity contribution in [2.75, 3.05) is 0 Å². The Morgan fingerprint density at radius 2 is 1.49 bits per heavy atom. The smallest absolute Gasteiger partial charge is 0.430 e. The van der Waals surface area contributed by atoms with Crippen molar-refractivity contribution in [1.29, 1.82) is 0 Å². The molecule has 2 aromatic carbocycles. The minimum absolute atomic E-state index is 0.0252. The maximum Gasteiger partial charge on any atom is 0.430 e. The van der Waals surface area contributed by atoms with Gasteiger partial charge in [0.05, 0.1) is 18.1 Å². The number of aliphatic hydroxyl groups excluding tert-OH is 2. The van der Waals surface area contributed by atoms with E-state index in [2.05, 4.69) is 0 Å². The van der Waals surface area contributed by atoms with Crippen LogP contribution in [0.25, 0.3) is 0 Å². The monoisotopic (exact) mass is 520 g/mol. The lowest BCUT2D eigenvalue weighted by atomic mass is 9.78. The molecule has 0 radical (unpaired) electrons. The Labute approximate surface area is 201 Å². The summed E-state index contributed by atoms with van der Waals surface area (Å²) in [5.41, 5.74) is -8.77. The van der Waals surface area contributed by atoms with E-state index >= 15 is 0 Å². The molecule has 0 aliphatic heterocycles. The summed E-state index contributed by atoms with van der Waals surface area (Å²) in [6.07, 6.45) is -12.2. The van der Waals surface area contributed by atoms with Crippen LogP contribution < -0.4 is 4.74 Å². The maximum atomic E-state index is 13.9. The predicted octanol–water partition coefficient (Wildman–Crippen LogP) is 5.70. The van der Waals surface area contributed by atoms with Crippen LogP contribution >= 0.6 is 11.3 Å². The molecule has 3 rings (SSSR count). The van der Waals surface area contributed by atoms with Crippen LogP contribution in [-0.4, -0.2) is 27.7 Å². The molecule has 1 aromatic heterocycles. The second-order valence-electron chi connectivity index (χ2n) is 8.06. The average molecular weight is 520 g/mol. The number of rotatable bonds is 7. The number of benzene rings is 2. The van der Waals surface area contributed by atoms with E-state index in [1.165, 1.54) is 37.3 Å². The van der Waals surface area contributed by atoms with Crippen LogP contribution in [0.3, 0.4) is 0 Å². The second kappa shape index (κ2) is 9.45. The minimum atomic E-state index is -6.09. The highest BCUT2D eigenvalue weighted by Gasteiger charge is 2.73. The topological polar surface area (TPSA) is 69.9 Å². The molecule has 0 saturated heterocycles. The van der Waals surface area contributed by atoms with Crippen LogP contribution in [0.15, 0.2) is 53.9 Å². The summed E-state index contributed by atoms with van der Waals surface area (Å²) in [5.74, 6) is 0.0252. The second-order valence-corrected chi connectivity index (χ2v) is 9.01. The van der Waals surface area contributed by atoms with Crippen LogP contribution in [-0.2, 0) is 24.4 Å². The summed E-state index contributed by atoms with van der Waals surface area (Å²) in [7, 11) is 0. The molecule has 0 fully saturated rings. The molecule has 11 heteroatoms. The SMILES string of the molecule is Cc1cccc(C(C)(Oc2ccc(CO)c(CO)c2)c2cccs2)c1C(O)(C(F)(F)F)C(F)(F)F. The van der Waals surface area contributed by atoms with E-state index in [4.69, 9.17) is 4.74 Å². The van der Waals surface area contributed by atoms with Gasteiger partial charge in [-0.2, -0.15) is 26.3 Å². The highest BCUT2D eigenvalue weighted by atomic mass is 32.1. The van der Waals surface area contributed by atoms with Crippen molar-refractivity contribution in [2.45, 2.75) is 50.6 Å². The van der Waals surface area contributed by atoms with Gasteiger partial charge in [0.1, 0.15) is 5.75 Å². The summed E-state index contributed by atoms with van der Waals surface area (Å²) in [6, 6.07) is 10.6. The fourth-order valence-corrected chi connectivity index (χ4v) is 4.82. The fourth-order valence-electron chi connectivity index (χ4n) is 3.98. The number of halogens is 6. The van der Waals surface area contributed by atoms with Crippen LogP contribution in [0, 0.1) is 6.92 Å². The number of thiophene rings is 1. The Balaban J connectivity index is 2.34. The largest absolute Gasteiger partial charge is 0.477 e. The van der Waals surface area contributed by atoms with Crippen molar-refractivity contribution in [1.82, 2.24) is 0 Å². The van der Waals surface area contributed by atoms with Crippen LogP contribution in [0.5, 0.6) is 5.75 Å². The van der Waals surface area contributed by atoms with E-state index in [-0.39, 0.29) is 16.2 Å². The summed E-state index contributed by atoms with van der Waals surface area (Å²) in [4.78, 5) is 0.271. The van der Waals surface area contributed by atoms with Gasteiger partial charge in [0.25, 0.3) is 5.60 Å². The molecule has 1 heterocycles. The Kier molecular flexibility index (Phi) is 7.29. The van der Waals surface area contributed by atoms with E-state index in [0.717, 1.165) is 30.4 Å². The molecule has 3 N–H and O–H groups in total. The Morgan fingerprint density at radius 3 is 2.00 bits per heavy atom. The third kappa shape index (κ3) is 4.65. The van der Waals surface area contributed by atoms with Crippen molar-refractivity contribution in [3.05, 3.63) is 86.6 Å². The summed E-state index contributed by atoms with van der Waals surface area (Å²) >= 11 is 1.04.